The van der Waals surface area contributed by atoms with Gasteiger partial charge in [0.15, 0.2) is 0 Å². The van der Waals surface area contributed by atoms with E-state index in [1.54, 1.807) is 17.7 Å². The lowest BCUT2D eigenvalue weighted by molar-refractivity contribution is 1.35. The standard InChI is InChI=1S/C5H4N2S/c1-2-8-5-4(1)6-3-7-5/h1-3H,(H,6,7). The molecule has 2 rings (SSSR count). The van der Waals surface area contributed by atoms with Crippen molar-refractivity contribution in [1.29, 1.82) is 0 Å². The number of fused-ring (bicyclic) bond motifs is 1. The van der Waals surface area contributed by atoms with Crippen molar-refractivity contribution in [2.24, 2.45) is 0 Å². The Morgan fingerprint density at radius 2 is 2.62 bits per heavy atom. The topological polar surface area (TPSA) is 28.7 Å². The quantitative estimate of drug-likeness (QED) is 0.568. The predicted octanol–water partition coefficient (Wildman–Crippen LogP) is 1.62. The molecule has 0 saturated heterocycles. The summed E-state index contributed by atoms with van der Waals surface area (Å²) in [4.78, 5) is 8.13. The van der Waals surface area contributed by atoms with Gasteiger partial charge in [-0.1, -0.05) is 0 Å². The van der Waals surface area contributed by atoms with Crippen LogP contribution >= 0.6 is 11.3 Å². The van der Waals surface area contributed by atoms with Gasteiger partial charge in [0.05, 0.1) is 11.8 Å². The van der Waals surface area contributed by atoms with Crippen LogP contribution in [0.3, 0.4) is 0 Å². The normalized spacial score (nSPS) is 10.5. The van der Waals surface area contributed by atoms with Crippen LogP contribution in [0.25, 0.3) is 10.3 Å². The number of aromatic amines is 1. The van der Waals surface area contributed by atoms with Crippen LogP contribution < -0.4 is 0 Å². The molecular formula is C5H4N2S. The Labute approximate surface area is 50.2 Å². The van der Waals surface area contributed by atoms with Crippen molar-refractivity contribution in [3.8, 4) is 0 Å². The fourth-order valence-corrected chi connectivity index (χ4v) is 1.37. The molecule has 2 aromatic heterocycles. The average Bonchev–Trinajstić information content (AvgIpc) is 2.15. The number of hydrogen-bond donors (Lipinski definition) is 1. The summed E-state index contributed by atoms with van der Waals surface area (Å²) < 4.78 is 0. The van der Waals surface area contributed by atoms with Crippen LogP contribution in [0.4, 0.5) is 0 Å². The van der Waals surface area contributed by atoms with Crippen LogP contribution in [0.15, 0.2) is 17.8 Å². The number of hydrogen-bond acceptors (Lipinski definition) is 2. The first-order valence-corrected chi connectivity index (χ1v) is 3.21. The highest BCUT2D eigenvalue weighted by Crippen LogP contribution is 2.14. The molecule has 0 spiro atoms. The summed E-state index contributed by atoms with van der Waals surface area (Å²) in [6.45, 7) is 0. The monoisotopic (exact) mass is 124 g/mol. The maximum Gasteiger partial charge on any atom is 0.141 e. The third kappa shape index (κ3) is 0.391. The van der Waals surface area contributed by atoms with Gasteiger partial charge in [0.25, 0.3) is 0 Å². The van der Waals surface area contributed by atoms with E-state index in [2.05, 4.69) is 9.97 Å². The zero-order chi connectivity index (χ0) is 5.40. The molecule has 0 aromatic carbocycles. The first-order chi connectivity index (χ1) is 3.97. The number of aromatic nitrogens is 2. The van der Waals surface area contributed by atoms with Gasteiger partial charge in [-0.2, -0.15) is 0 Å². The van der Waals surface area contributed by atoms with E-state index in [-0.39, 0.29) is 0 Å². The molecule has 0 amide bonds. The Hall–Kier alpha value is -0.830. The number of imidazole rings is 1. The van der Waals surface area contributed by atoms with Gasteiger partial charge >= 0.3 is 0 Å². The SMILES string of the molecule is c1nc2sccc2[nH]1. The average molecular weight is 124 g/mol. The molecule has 0 aliphatic heterocycles. The maximum absolute atomic E-state index is 4.04. The molecule has 1 N–H and O–H groups in total. The summed E-state index contributed by atoms with van der Waals surface area (Å²) >= 11 is 1.65. The van der Waals surface area contributed by atoms with Crippen LogP contribution in [-0.4, -0.2) is 9.97 Å². The number of nitrogens with one attached hydrogen (secondary N) is 1. The summed E-state index contributed by atoms with van der Waals surface area (Å²) in [5, 5.41) is 2.02. The zero-order valence-corrected chi connectivity index (χ0v) is 4.90. The first-order valence-electron chi connectivity index (χ1n) is 2.33. The Morgan fingerprint density at radius 1 is 1.62 bits per heavy atom. The van der Waals surface area contributed by atoms with Crippen LogP contribution in [0.2, 0.25) is 0 Å². The van der Waals surface area contributed by atoms with E-state index in [4.69, 9.17) is 0 Å². The van der Waals surface area contributed by atoms with Crippen LogP contribution in [0.1, 0.15) is 0 Å². The summed E-state index contributed by atoms with van der Waals surface area (Å²) in [6.07, 6.45) is 1.71. The van der Waals surface area contributed by atoms with Gasteiger partial charge in [-0.3, -0.25) is 0 Å². The smallest absolute Gasteiger partial charge is 0.141 e. The van der Waals surface area contributed by atoms with E-state index < -0.39 is 0 Å². The van der Waals surface area contributed by atoms with Crippen molar-refractivity contribution in [3.63, 3.8) is 0 Å². The van der Waals surface area contributed by atoms with Crippen molar-refractivity contribution in [3.05, 3.63) is 17.8 Å². The molecule has 0 saturated carbocycles. The molecular weight excluding hydrogens is 120 g/mol. The predicted molar refractivity (Wildman–Crippen MR) is 34.0 cm³/mol. The molecule has 40 valence electrons. The van der Waals surface area contributed by atoms with Crippen LogP contribution in [0.5, 0.6) is 0 Å². The molecule has 0 unspecified atom stereocenters. The Balaban J connectivity index is 3.06. The molecule has 2 aromatic rings. The number of nitrogens with zero attached hydrogens (tertiary/aromatic N) is 1. The minimum Gasteiger partial charge on any atom is -0.344 e. The van der Waals surface area contributed by atoms with Crippen molar-refractivity contribution >= 4 is 21.7 Å². The molecule has 0 aliphatic carbocycles. The minimum absolute atomic E-state index is 1.09. The third-order valence-corrected chi connectivity index (χ3v) is 1.87. The first kappa shape index (κ1) is 4.09. The molecule has 0 radical (unpaired) electrons. The maximum atomic E-state index is 4.04. The summed E-state index contributed by atoms with van der Waals surface area (Å²) in [5.41, 5.74) is 1.13. The molecule has 0 atom stereocenters. The highest BCUT2D eigenvalue weighted by Gasteiger charge is 1.91. The third-order valence-electron chi connectivity index (χ3n) is 1.05. The van der Waals surface area contributed by atoms with Crippen LogP contribution in [0, 0.1) is 0 Å². The van der Waals surface area contributed by atoms with E-state index in [0.717, 1.165) is 10.3 Å². The van der Waals surface area contributed by atoms with Gasteiger partial charge in [-0.25, -0.2) is 4.98 Å². The second-order valence-electron chi connectivity index (χ2n) is 1.54. The molecule has 2 heterocycles. The van der Waals surface area contributed by atoms with E-state index in [9.17, 15) is 0 Å². The number of thiophene rings is 1. The molecule has 0 fully saturated rings. The van der Waals surface area contributed by atoms with E-state index in [1.165, 1.54) is 0 Å². The zero-order valence-electron chi connectivity index (χ0n) is 4.09. The highest BCUT2D eigenvalue weighted by molar-refractivity contribution is 7.16. The fraction of sp³-hybridized carbons (Fsp3) is 0. The van der Waals surface area contributed by atoms with Gasteiger partial charge in [0.1, 0.15) is 4.83 Å². The van der Waals surface area contributed by atoms with Gasteiger partial charge < -0.3 is 4.98 Å². The fourth-order valence-electron chi connectivity index (χ4n) is 0.672. The number of rotatable bonds is 0. The Kier molecular flexibility index (Phi) is 0.676. The van der Waals surface area contributed by atoms with E-state index in [1.807, 2.05) is 11.4 Å². The lowest BCUT2D eigenvalue weighted by Crippen LogP contribution is -1.49. The van der Waals surface area contributed by atoms with Crippen molar-refractivity contribution in [2.75, 3.05) is 0 Å². The summed E-state index contributed by atoms with van der Waals surface area (Å²) in [6, 6.07) is 2.02. The second-order valence-corrected chi connectivity index (χ2v) is 2.44. The Bertz CT molecular complexity index is 232. The minimum atomic E-state index is 1.09. The summed E-state index contributed by atoms with van der Waals surface area (Å²) in [7, 11) is 0. The lowest BCUT2D eigenvalue weighted by Gasteiger charge is -1.64. The molecule has 2 nitrogen and oxygen atoms in total. The van der Waals surface area contributed by atoms with Gasteiger partial charge in [-0.05, 0) is 11.4 Å². The van der Waals surface area contributed by atoms with Crippen molar-refractivity contribution in [1.82, 2.24) is 9.97 Å². The molecule has 8 heavy (non-hydrogen) atoms. The van der Waals surface area contributed by atoms with Gasteiger partial charge in [0, 0.05) is 0 Å². The Morgan fingerprint density at radius 3 is 3.50 bits per heavy atom. The molecule has 3 heteroatoms. The van der Waals surface area contributed by atoms with E-state index in [0.29, 0.717) is 0 Å². The van der Waals surface area contributed by atoms with Crippen LogP contribution in [-0.2, 0) is 0 Å². The van der Waals surface area contributed by atoms with Gasteiger partial charge in [0.2, 0.25) is 0 Å². The van der Waals surface area contributed by atoms with Gasteiger partial charge in [-0.15, -0.1) is 11.3 Å². The molecule has 0 bridgehead atoms. The van der Waals surface area contributed by atoms with E-state index >= 15 is 0 Å². The lowest BCUT2D eigenvalue weighted by atomic mass is 10.6. The highest BCUT2D eigenvalue weighted by atomic mass is 32.1. The van der Waals surface area contributed by atoms with Crippen molar-refractivity contribution in [2.45, 2.75) is 0 Å². The van der Waals surface area contributed by atoms with Crippen molar-refractivity contribution < 1.29 is 0 Å². The number of H-pyrrole nitrogens is 1. The molecule has 0 aliphatic rings. The second kappa shape index (κ2) is 1.32. The summed E-state index contributed by atoms with van der Waals surface area (Å²) in [5.74, 6) is 0. The largest absolute Gasteiger partial charge is 0.344 e.